The molecule has 1 aliphatic heterocycles. The summed E-state index contributed by atoms with van der Waals surface area (Å²) in [4.78, 5) is 25.7. The number of nitrogens with zero attached hydrogens (tertiary/aromatic N) is 1. The minimum Gasteiger partial charge on any atom is -0.454 e. The second-order valence-corrected chi connectivity index (χ2v) is 6.35. The highest BCUT2D eigenvalue weighted by molar-refractivity contribution is 5.89. The zero-order valence-corrected chi connectivity index (χ0v) is 14.4. The van der Waals surface area contributed by atoms with E-state index in [2.05, 4.69) is 0 Å². The lowest BCUT2D eigenvalue weighted by Crippen LogP contribution is -2.40. The Hall–Kier alpha value is -2.50. The van der Waals surface area contributed by atoms with Gasteiger partial charge in [-0.05, 0) is 36.6 Å². The van der Waals surface area contributed by atoms with E-state index in [1.807, 2.05) is 6.07 Å². The first-order chi connectivity index (χ1) is 12.1. The Kier molecular flexibility index (Phi) is 5.58. The zero-order chi connectivity index (χ0) is 17.6. The second kappa shape index (κ2) is 8.05. The summed E-state index contributed by atoms with van der Waals surface area (Å²) in [6, 6.07) is 5.66. The Morgan fingerprint density at radius 1 is 1.20 bits per heavy atom. The van der Waals surface area contributed by atoms with Crippen molar-refractivity contribution in [3.05, 3.63) is 29.8 Å². The van der Waals surface area contributed by atoms with E-state index in [9.17, 15) is 9.59 Å². The van der Waals surface area contributed by atoms with Crippen LogP contribution in [0.5, 0.6) is 11.5 Å². The highest BCUT2D eigenvalue weighted by atomic mass is 16.7. The number of amides is 1. The van der Waals surface area contributed by atoms with Gasteiger partial charge in [-0.2, -0.15) is 0 Å². The van der Waals surface area contributed by atoms with Gasteiger partial charge in [0.1, 0.15) is 0 Å². The lowest BCUT2D eigenvalue weighted by atomic mass is 9.94. The molecule has 1 fully saturated rings. The first-order valence-electron chi connectivity index (χ1n) is 8.63. The van der Waals surface area contributed by atoms with Crippen LogP contribution in [-0.4, -0.2) is 43.3 Å². The van der Waals surface area contributed by atoms with Gasteiger partial charge in [-0.1, -0.05) is 25.3 Å². The van der Waals surface area contributed by atoms with E-state index < -0.39 is 5.97 Å². The number of ether oxygens (including phenoxy) is 3. The third kappa shape index (κ3) is 4.53. The number of rotatable bonds is 5. The molecule has 6 nitrogen and oxygen atoms in total. The van der Waals surface area contributed by atoms with Crippen molar-refractivity contribution in [1.82, 2.24) is 4.90 Å². The maximum Gasteiger partial charge on any atom is 0.331 e. The molecule has 134 valence electrons. The summed E-state index contributed by atoms with van der Waals surface area (Å²) in [7, 11) is 1.79. The Labute approximate surface area is 147 Å². The molecule has 1 amide bonds. The molecule has 6 heteroatoms. The molecular formula is C19H23NO5. The lowest BCUT2D eigenvalue weighted by Gasteiger charge is -2.31. The van der Waals surface area contributed by atoms with Gasteiger partial charge in [-0.15, -0.1) is 0 Å². The third-order valence-electron chi connectivity index (χ3n) is 4.66. The topological polar surface area (TPSA) is 65.1 Å². The zero-order valence-electron chi connectivity index (χ0n) is 14.4. The van der Waals surface area contributed by atoms with Crippen LogP contribution in [0.3, 0.4) is 0 Å². The molecular weight excluding hydrogens is 322 g/mol. The number of carbonyl (C=O) groups excluding carboxylic acids is 2. The van der Waals surface area contributed by atoms with E-state index >= 15 is 0 Å². The van der Waals surface area contributed by atoms with Gasteiger partial charge in [0.25, 0.3) is 5.91 Å². The average molecular weight is 345 g/mol. The molecule has 3 rings (SSSR count). The van der Waals surface area contributed by atoms with Crippen molar-refractivity contribution >= 4 is 18.0 Å². The van der Waals surface area contributed by atoms with Crippen LogP contribution < -0.4 is 9.47 Å². The number of hydrogen-bond acceptors (Lipinski definition) is 5. The maximum absolute atomic E-state index is 12.1. The molecule has 1 aliphatic carbocycles. The molecule has 0 saturated heterocycles. The fourth-order valence-electron chi connectivity index (χ4n) is 3.14. The number of likely N-dealkylation sites (N-methyl/N-ethyl adjacent to an activating group) is 1. The Morgan fingerprint density at radius 2 is 1.96 bits per heavy atom. The van der Waals surface area contributed by atoms with Crippen molar-refractivity contribution in [2.24, 2.45) is 0 Å². The first-order valence-corrected chi connectivity index (χ1v) is 8.63. The summed E-state index contributed by atoms with van der Waals surface area (Å²) < 4.78 is 15.6. The van der Waals surface area contributed by atoms with E-state index in [0.717, 1.165) is 31.2 Å². The Morgan fingerprint density at radius 3 is 2.76 bits per heavy atom. The van der Waals surface area contributed by atoms with Crippen molar-refractivity contribution in [2.75, 3.05) is 20.4 Å². The van der Waals surface area contributed by atoms with Crippen LogP contribution in [0.1, 0.15) is 37.7 Å². The number of fused-ring (bicyclic) bond motifs is 1. The van der Waals surface area contributed by atoms with Crippen molar-refractivity contribution in [3.63, 3.8) is 0 Å². The van der Waals surface area contributed by atoms with Crippen LogP contribution in [0.2, 0.25) is 0 Å². The molecule has 2 aliphatic rings. The van der Waals surface area contributed by atoms with Gasteiger partial charge < -0.3 is 19.1 Å². The van der Waals surface area contributed by atoms with Gasteiger partial charge in [-0.3, -0.25) is 4.79 Å². The van der Waals surface area contributed by atoms with Gasteiger partial charge >= 0.3 is 5.97 Å². The summed E-state index contributed by atoms with van der Waals surface area (Å²) >= 11 is 0. The van der Waals surface area contributed by atoms with E-state index in [-0.39, 0.29) is 25.3 Å². The van der Waals surface area contributed by atoms with Gasteiger partial charge in [0, 0.05) is 19.2 Å². The predicted octanol–water partition coefficient (Wildman–Crippen LogP) is 2.76. The van der Waals surface area contributed by atoms with Crippen molar-refractivity contribution in [2.45, 2.75) is 38.1 Å². The van der Waals surface area contributed by atoms with Gasteiger partial charge in [0.05, 0.1) is 0 Å². The van der Waals surface area contributed by atoms with Gasteiger partial charge in [-0.25, -0.2) is 4.79 Å². The lowest BCUT2D eigenvalue weighted by molar-refractivity contribution is -0.148. The smallest absolute Gasteiger partial charge is 0.331 e. The maximum atomic E-state index is 12.1. The van der Waals surface area contributed by atoms with Crippen LogP contribution in [0.25, 0.3) is 6.08 Å². The highest BCUT2D eigenvalue weighted by Crippen LogP contribution is 2.32. The third-order valence-corrected chi connectivity index (χ3v) is 4.66. The number of hydrogen-bond donors (Lipinski definition) is 0. The monoisotopic (exact) mass is 345 g/mol. The van der Waals surface area contributed by atoms with Crippen molar-refractivity contribution < 1.29 is 23.8 Å². The minimum atomic E-state index is -0.539. The van der Waals surface area contributed by atoms with Gasteiger partial charge in [0.15, 0.2) is 18.1 Å². The Balaban J connectivity index is 1.46. The van der Waals surface area contributed by atoms with Crippen LogP contribution in [0.15, 0.2) is 24.3 Å². The molecule has 25 heavy (non-hydrogen) atoms. The molecule has 0 spiro atoms. The van der Waals surface area contributed by atoms with E-state index in [1.165, 1.54) is 12.5 Å². The minimum absolute atomic E-state index is 0.156. The quantitative estimate of drug-likeness (QED) is 0.606. The number of benzene rings is 1. The molecule has 0 unspecified atom stereocenters. The molecule has 0 aromatic heterocycles. The second-order valence-electron chi connectivity index (χ2n) is 6.35. The van der Waals surface area contributed by atoms with Crippen LogP contribution in [0.4, 0.5) is 0 Å². The fourth-order valence-corrected chi connectivity index (χ4v) is 3.14. The first kappa shape index (κ1) is 17.3. The molecule has 0 N–H and O–H groups in total. The van der Waals surface area contributed by atoms with Gasteiger partial charge in [0.2, 0.25) is 6.79 Å². The largest absolute Gasteiger partial charge is 0.454 e. The average Bonchev–Trinajstić information content (AvgIpc) is 3.12. The summed E-state index contributed by atoms with van der Waals surface area (Å²) in [5.41, 5.74) is 0.798. The molecule has 0 bridgehead atoms. The van der Waals surface area contributed by atoms with E-state index in [4.69, 9.17) is 14.2 Å². The summed E-state index contributed by atoms with van der Waals surface area (Å²) in [6.07, 6.45) is 8.53. The molecule has 1 aromatic rings. The van der Waals surface area contributed by atoms with Crippen molar-refractivity contribution in [3.8, 4) is 11.5 Å². The van der Waals surface area contributed by atoms with E-state index in [0.29, 0.717) is 11.5 Å². The van der Waals surface area contributed by atoms with Crippen LogP contribution in [0, 0.1) is 0 Å². The number of esters is 1. The normalized spacial score (nSPS) is 16.8. The molecule has 1 aromatic carbocycles. The predicted molar refractivity (Wildman–Crippen MR) is 92.2 cm³/mol. The SMILES string of the molecule is CN(C(=O)COC(=O)C=Cc1ccc2c(c1)OCO2)C1CCCCC1. The standard InChI is InChI=1S/C19H23NO5/c1-20(15-5-3-2-4-6-15)18(21)12-23-19(22)10-8-14-7-9-16-17(11-14)25-13-24-16/h7-11,15H,2-6,12-13H2,1H3. The summed E-state index contributed by atoms with van der Waals surface area (Å²) in [5, 5.41) is 0. The molecule has 0 atom stereocenters. The van der Waals surface area contributed by atoms with E-state index in [1.54, 1.807) is 30.2 Å². The molecule has 1 heterocycles. The molecule has 1 saturated carbocycles. The molecule has 0 radical (unpaired) electrons. The van der Waals surface area contributed by atoms with Crippen LogP contribution >= 0.6 is 0 Å². The number of carbonyl (C=O) groups is 2. The summed E-state index contributed by atoms with van der Waals surface area (Å²) in [5.74, 6) is 0.649. The van der Waals surface area contributed by atoms with Crippen molar-refractivity contribution in [1.29, 1.82) is 0 Å². The summed E-state index contributed by atoms with van der Waals surface area (Å²) in [6.45, 7) is -0.0154. The fraction of sp³-hybridized carbons (Fsp3) is 0.474. The van der Waals surface area contributed by atoms with Crippen LogP contribution in [-0.2, 0) is 14.3 Å². The highest BCUT2D eigenvalue weighted by Gasteiger charge is 2.22. The Bertz CT molecular complexity index is 664.